The zero-order valence-corrected chi connectivity index (χ0v) is 8.16. The van der Waals surface area contributed by atoms with Crippen molar-refractivity contribution in [3.8, 4) is 0 Å². The van der Waals surface area contributed by atoms with E-state index in [9.17, 15) is 4.79 Å². The van der Waals surface area contributed by atoms with Gasteiger partial charge in [0, 0.05) is 11.6 Å². The van der Waals surface area contributed by atoms with Crippen LogP contribution in [0.3, 0.4) is 0 Å². The minimum atomic E-state index is -0.208. The Hall–Kier alpha value is -0.830. The molecule has 0 radical (unpaired) electrons. The Morgan fingerprint density at radius 3 is 2.50 bits per heavy atom. The molecule has 0 aliphatic carbocycles. The first-order chi connectivity index (χ1) is 5.63. The van der Waals surface area contributed by atoms with E-state index in [1.54, 1.807) is 13.8 Å². The Morgan fingerprint density at radius 1 is 1.58 bits per heavy atom. The molecule has 1 N–H and O–H groups in total. The van der Waals surface area contributed by atoms with Crippen molar-refractivity contribution in [2.45, 2.75) is 34.1 Å². The smallest absolute Gasteiger partial charge is 0.253 e. The predicted molar refractivity (Wildman–Crippen MR) is 47.5 cm³/mol. The fourth-order valence-electron chi connectivity index (χ4n) is 0.917. The number of nitrogens with zero attached hydrogens (tertiary/aromatic N) is 1. The van der Waals surface area contributed by atoms with Crippen LogP contribution in [0.2, 0.25) is 0 Å². The summed E-state index contributed by atoms with van der Waals surface area (Å²) in [5.74, 6) is -0.284. The van der Waals surface area contributed by atoms with Gasteiger partial charge >= 0.3 is 0 Å². The molecule has 0 aromatic rings. The maximum Gasteiger partial charge on any atom is 0.253 e. The predicted octanol–water partition coefficient (Wildman–Crippen LogP) is 2.17. The van der Waals surface area contributed by atoms with E-state index in [0.29, 0.717) is 10.8 Å². The highest BCUT2D eigenvalue weighted by atomic mass is 16.5. The van der Waals surface area contributed by atoms with Crippen LogP contribution in [-0.4, -0.2) is 16.2 Å². The molecule has 0 saturated carbocycles. The summed E-state index contributed by atoms with van der Waals surface area (Å²) in [4.78, 5) is 11.0. The van der Waals surface area contributed by atoms with Crippen LogP contribution < -0.4 is 0 Å². The maximum atomic E-state index is 11.0. The summed E-state index contributed by atoms with van der Waals surface area (Å²) < 4.78 is 0. The number of carbonyl (C=O) groups is 1. The topological polar surface area (TPSA) is 40.5 Å². The van der Waals surface area contributed by atoms with Gasteiger partial charge in [-0.25, -0.2) is 0 Å². The van der Waals surface area contributed by atoms with Crippen LogP contribution in [0.25, 0.3) is 0 Å². The number of hydrogen-bond donors (Lipinski definition) is 1. The average Bonchev–Trinajstić information content (AvgIpc) is 2.12. The molecule has 0 bridgehead atoms. The largest absolute Gasteiger partial charge is 0.281 e. The minimum absolute atomic E-state index is 0.0753. The lowest BCUT2D eigenvalue weighted by Crippen LogP contribution is -2.33. The van der Waals surface area contributed by atoms with Gasteiger partial charge in [0.25, 0.3) is 5.91 Å². The molecule has 1 heterocycles. The number of allylic oxidation sites excluding steroid dienone is 2. The van der Waals surface area contributed by atoms with Gasteiger partial charge in [0.05, 0.1) is 0 Å². The first-order valence-electron chi connectivity index (χ1n) is 4.32. The third-order valence-electron chi connectivity index (χ3n) is 1.73. The van der Waals surface area contributed by atoms with Gasteiger partial charge in [-0.05, 0) is 13.3 Å². The van der Waals surface area contributed by atoms with Gasteiger partial charge in [0.1, 0.15) is 0 Å². The van der Waals surface area contributed by atoms with Gasteiger partial charge in [-0.15, -0.1) is 0 Å². The van der Waals surface area contributed by atoms with Crippen LogP contribution in [0, 0.1) is 5.92 Å². The van der Waals surface area contributed by atoms with Crippen LogP contribution in [0.1, 0.15) is 34.1 Å². The summed E-state index contributed by atoms with van der Waals surface area (Å²) in [7, 11) is 0. The van der Waals surface area contributed by atoms with Crippen LogP contribution in [0.15, 0.2) is 11.8 Å². The first-order valence-corrected chi connectivity index (χ1v) is 4.32. The van der Waals surface area contributed by atoms with Gasteiger partial charge in [-0.3, -0.25) is 10.0 Å². The van der Waals surface area contributed by atoms with Crippen LogP contribution in [0.4, 0.5) is 0 Å². The Bertz CT molecular complexity index is 187. The number of rotatable bonds is 0. The quantitative estimate of drug-likeness (QED) is 0.567. The van der Waals surface area contributed by atoms with E-state index in [0.717, 1.165) is 6.42 Å². The molecule has 70 valence electrons. The zero-order valence-electron chi connectivity index (χ0n) is 8.16. The first kappa shape index (κ1) is 11.2. The fraction of sp³-hybridized carbons (Fsp3) is 0.667. The molecular formula is C9H17NO2. The molecule has 3 nitrogen and oxygen atoms in total. The number of hydroxylamine groups is 2. The molecule has 1 unspecified atom stereocenters. The summed E-state index contributed by atoms with van der Waals surface area (Å²) >= 11 is 0. The monoisotopic (exact) mass is 171 g/mol. The van der Waals surface area contributed by atoms with Gasteiger partial charge in [-0.1, -0.05) is 26.8 Å². The lowest BCUT2D eigenvalue weighted by molar-refractivity contribution is -0.162. The van der Waals surface area contributed by atoms with E-state index >= 15 is 0 Å². The van der Waals surface area contributed by atoms with Gasteiger partial charge in [0.2, 0.25) is 0 Å². The summed E-state index contributed by atoms with van der Waals surface area (Å²) in [6.45, 7) is 7.51. The van der Waals surface area contributed by atoms with Crippen molar-refractivity contribution in [1.29, 1.82) is 0 Å². The number of amides is 1. The molecular weight excluding hydrogens is 154 g/mol. The second-order valence-corrected chi connectivity index (χ2v) is 2.63. The van der Waals surface area contributed by atoms with Crippen molar-refractivity contribution in [2.24, 2.45) is 5.92 Å². The molecule has 0 saturated heterocycles. The molecule has 0 aromatic heterocycles. The van der Waals surface area contributed by atoms with Crippen molar-refractivity contribution < 1.29 is 10.0 Å². The van der Waals surface area contributed by atoms with Gasteiger partial charge < -0.3 is 0 Å². The molecule has 1 rings (SSSR count). The van der Waals surface area contributed by atoms with Crippen LogP contribution >= 0.6 is 0 Å². The fourth-order valence-corrected chi connectivity index (χ4v) is 0.917. The summed E-state index contributed by atoms with van der Waals surface area (Å²) in [6, 6.07) is 0. The van der Waals surface area contributed by atoms with E-state index in [1.807, 2.05) is 19.9 Å². The molecule has 1 amide bonds. The third kappa shape index (κ3) is 2.34. The lowest BCUT2D eigenvalue weighted by atomic mass is 10.0. The highest BCUT2D eigenvalue weighted by Crippen LogP contribution is 2.17. The van der Waals surface area contributed by atoms with Crippen molar-refractivity contribution in [2.75, 3.05) is 0 Å². The molecule has 0 spiro atoms. The minimum Gasteiger partial charge on any atom is -0.281 e. The summed E-state index contributed by atoms with van der Waals surface area (Å²) in [6.07, 6.45) is 2.59. The van der Waals surface area contributed by atoms with E-state index in [1.165, 1.54) is 0 Å². The van der Waals surface area contributed by atoms with Gasteiger partial charge in [0.15, 0.2) is 0 Å². The number of carbonyl (C=O) groups excluding carboxylic acids is 1. The molecule has 1 aliphatic rings. The Kier molecular flexibility index (Phi) is 4.59. The highest BCUT2D eigenvalue weighted by molar-refractivity contribution is 5.80. The van der Waals surface area contributed by atoms with Gasteiger partial charge in [-0.2, -0.15) is 5.06 Å². The molecule has 1 atom stereocenters. The van der Waals surface area contributed by atoms with Crippen molar-refractivity contribution in [3.05, 3.63) is 11.8 Å². The zero-order chi connectivity index (χ0) is 9.72. The SMILES string of the molecule is CC.CC1=CCC(C)C(=O)N1O. The van der Waals surface area contributed by atoms with E-state index in [4.69, 9.17) is 5.21 Å². The van der Waals surface area contributed by atoms with E-state index in [2.05, 4.69) is 0 Å². The third-order valence-corrected chi connectivity index (χ3v) is 1.73. The molecule has 12 heavy (non-hydrogen) atoms. The second-order valence-electron chi connectivity index (χ2n) is 2.63. The maximum absolute atomic E-state index is 11.0. The van der Waals surface area contributed by atoms with E-state index < -0.39 is 0 Å². The normalized spacial score (nSPS) is 22.8. The van der Waals surface area contributed by atoms with Crippen molar-refractivity contribution in [1.82, 2.24) is 5.06 Å². The molecule has 1 aliphatic heterocycles. The lowest BCUT2D eigenvalue weighted by Gasteiger charge is -2.23. The van der Waals surface area contributed by atoms with Crippen LogP contribution in [-0.2, 0) is 4.79 Å². The molecule has 3 heteroatoms. The highest BCUT2D eigenvalue weighted by Gasteiger charge is 2.23. The number of hydrogen-bond acceptors (Lipinski definition) is 2. The van der Waals surface area contributed by atoms with E-state index in [-0.39, 0.29) is 11.8 Å². The Labute approximate surface area is 73.6 Å². The second kappa shape index (κ2) is 4.93. The summed E-state index contributed by atoms with van der Waals surface area (Å²) in [5, 5.41) is 9.75. The Balaban J connectivity index is 0.000000561. The van der Waals surface area contributed by atoms with Crippen molar-refractivity contribution in [3.63, 3.8) is 0 Å². The van der Waals surface area contributed by atoms with Crippen molar-refractivity contribution >= 4 is 5.91 Å². The summed E-state index contributed by atoms with van der Waals surface area (Å²) in [5.41, 5.74) is 0.628. The standard InChI is InChI=1S/C7H11NO2.C2H6/c1-5-3-4-6(2)8(10)7(5)9;1-2/h4-5,10H,3H2,1-2H3;1-2H3. The average molecular weight is 171 g/mol. The molecule has 0 fully saturated rings. The molecule has 0 aromatic carbocycles. The Morgan fingerprint density at radius 2 is 2.08 bits per heavy atom. The van der Waals surface area contributed by atoms with Crippen LogP contribution in [0.5, 0.6) is 0 Å².